The predicted molar refractivity (Wildman–Crippen MR) is 66.1 cm³/mol. The summed E-state index contributed by atoms with van der Waals surface area (Å²) < 4.78 is 32.1. The topological polar surface area (TPSA) is 64.1 Å². The second-order valence-corrected chi connectivity index (χ2v) is 3.95. The molecule has 0 aliphatic carbocycles. The zero-order valence-electron chi connectivity index (χ0n) is 9.11. The molecule has 0 bridgehead atoms. The number of halogens is 2. The summed E-state index contributed by atoms with van der Waals surface area (Å²) in [4.78, 5) is -0.0606. The zero-order chi connectivity index (χ0) is 13.1. The van der Waals surface area contributed by atoms with E-state index in [9.17, 15) is 8.78 Å². The van der Waals surface area contributed by atoms with E-state index in [-0.39, 0.29) is 22.8 Å². The molecule has 4 nitrogen and oxygen atoms in total. The minimum atomic E-state index is -0.766. The summed E-state index contributed by atoms with van der Waals surface area (Å²) in [5, 5.41) is 6.06. The van der Waals surface area contributed by atoms with Crippen molar-refractivity contribution in [3.8, 4) is 0 Å². The van der Waals surface area contributed by atoms with Gasteiger partial charge in [0, 0.05) is 11.6 Å². The molecule has 0 aliphatic heterocycles. The fourth-order valence-corrected chi connectivity index (χ4v) is 1.51. The molecule has 0 saturated heterocycles. The van der Waals surface area contributed by atoms with E-state index < -0.39 is 11.6 Å². The Labute approximate surface area is 107 Å². The second-order valence-electron chi connectivity index (χ2n) is 3.51. The van der Waals surface area contributed by atoms with E-state index in [1.165, 1.54) is 6.20 Å². The number of benzene rings is 1. The molecule has 0 radical (unpaired) electrons. The third-order valence-corrected chi connectivity index (χ3v) is 2.49. The first kappa shape index (κ1) is 12.4. The minimum Gasteiger partial charge on any atom is -0.389 e. The van der Waals surface area contributed by atoms with E-state index in [0.717, 1.165) is 12.1 Å². The van der Waals surface area contributed by atoms with Crippen molar-refractivity contribution < 1.29 is 13.3 Å². The van der Waals surface area contributed by atoms with Gasteiger partial charge in [-0.1, -0.05) is 17.4 Å². The van der Waals surface area contributed by atoms with E-state index in [1.54, 1.807) is 6.07 Å². The number of nitrogens with zero attached hydrogens (tertiary/aromatic N) is 1. The van der Waals surface area contributed by atoms with Crippen molar-refractivity contribution in [3.63, 3.8) is 0 Å². The van der Waals surface area contributed by atoms with E-state index in [4.69, 9.17) is 10.3 Å². The quantitative estimate of drug-likeness (QED) is 0.833. The van der Waals surface area contributed by atoms with E-state index >= 15 is 0 Å². The summed E-state index contributed by atoms with van der Waals surface area (Å²) in [6.07, 6.45) is 1.44. The molecular weight excluding hydrogens is 260 g/mol. The van der Waals surface area contributed by atoms with E-state index in [2.05, 4.69) is 22.7 Å². The summed E-state index contributed by atoms with van der Waals surface area (Å²) in [6.45, 7) is 0.125. The van der Waals surface area contributed by atoms with Gasteiger partial charge in [-0.15, -0.1) is 0 Å². The van der Waals surface area contributed by atoms with Gasteiger partial charge in [0.2, 0.25) is 0 Å². The van der Waals surface area contributed by atoms with Crippen LogP contribution in [0.2, 0.25) is 0 Å². The van der Waals surface area contributed by atoms with Crippen LogP contribution in [0.4, 0.5) is 14.5 Å². The van der Waals surface area contributed by atoms with E-state index in [0.29, 0.717) is 5.76 Å². The Hall–Kier alpha value is -2.02. The summed E-state index contributed by atoms with van der Waals surface area (Å²) in [6, 6.07) is 3.74. The smallest absolute Gasteiger partial charge is 0.155 e. The van der Waals surface area contributed by atoms with Crippen molar-refractivity contribution in [1.29, 1.82) is 0 Å². The van der Waals surface area contributed by atoms with E-state index in [1.807, 2.05) is 0 Å². The summed E-state index contributed by atoms with van der Waals surface area (Å²) in [5.41, 5.74) is 5.19. The van der Waals surface area contributed by atoms with Gasteiger partial charge in [-0.2, -0.15) is 0 Å². The lowest BCUT2D eigenvalue weighted by atomic mass is 10.2. The maximum absolute atomic E-state index is 13.6. The fourth-order valence-electron chi connectivity index (χ4n) is 1.39. The first-order valence-corrected chi connectivity index (χ1v) is 5.41. The molecule has 0 aliphatic rings. The average Bonchev–Trinajstić information content (AvgIpc) is 2.80. The second kappa shape index (κ2) is 5.09. The van der Waals surface area contributed by atoms with Crippen molar-refractivity contribution >= 4 is 22.9 Å². The molecule has 0 amide bonds. The largest absolute Gasteiger partial charge is 0.389 e. The number of nitrogens with two attached hydrogens (primary N) is 1. The Morgan fingerprint density at radius 3 is 2.56 bits per heavy atom. The molecule has 1 aromatic carbocycles. The van der Waals surface area contributed by atoms with Gasteiger partial charge in [0.25, 0.3) is 0 Å². The van der Waals surface area contributed by atoms with Crippen LogP contribution >= 0.6 is 12.2 Å². The third-order valence-electron chi connectivity index (χ3n) is 2.26. The molecule has 3 N–H and O–H groups in total. The van der Waals surface area contributed by atoms with Gasteiger partial charge < -0.3 is 15.6 Å². The summed E-state index contributed by atoms with van der Waals surface area (Å²) >= 11 is 4.65. The first-order chi connectivity index (χ1) is 8.58. The standard InChI is InChI=1S/C11H9F2N3OS/c12-8-3-6(11(14)18)4-9(13)10(8)15-5-7-1-2-16-17-7/h1-4,15H,5H2,(H2,14,18). The molecule has 2 aromatic rings. The van der Waals surface area contributed by atoms with Crippen LogP contribution in [0, 0.1) is 11.6 Å². The van der Waals surface area contributed by atoms with Gasteiger partial charge >= 0.3 is 0 Å². The van der Waals surface area contributed by atoms with Crippen LogP contribution in [0.3, 0.4) is 0 Å². The van der Waals surface area contributed by atoms with Gasteiger partial charge in [-0.05, 0) is 12.1 Å². The van der Waals surface area contributed by atoms with Gasteiger partial charge in [0.15, 0.2) is 5.76 Å². The van der Waals surface area contributed by atoms with Crippen molar-refractivity contribution in [2.75, 3.05) is 5.32 Å². The molecule has 0 spiro atoms. The molecule has 18 heavy (non-hydrogen) atoms. The molecule has 94 valence electrons. The van der Waals surface area contributed by atoms with Crippen LogP contribution in [-0.4, -0.2) is 10.1 Å². The van der Waals surface area contributed by atoms with Gasteiger partial charge in [0.1, 0.15) is 22.3 Å². The Morgan fingerprint density at radius 1 is 1.39 bits per heavy atom. The third kappa shape index (κ3) is 2.62. The normalized spacial score (nSPS) is 10.3. The van der Waals surface area contributed by atoms with Crippen LogP contribution < -0.4 is 11.1 Å². The number of hydrogen-bond donors (Lipinski definition) is 2. The van der Waals surface area contributed by atoms with Gasteiger partial charge in [-0.3, -0.25) is 0 Å². The predicted octanol–water partition coefficient (Wildman–Crippen LogP) is 2.20. The molecular formula is C11H9F2N3OS. The molecule has 7 heteroatoms. The lowest BCUT2D eigenvalue weighted by molar-refractivity contribution is 0.387. The van der Waals surface area contributed by atoms with Gasteiger partial charge in [0.05, 0.1) is 12.7 Å². The molecule has 1 aromatic heterocycles. The number of hydrogen-bond acceptors (Lipinski definition) is 4. The average molecular weight is 269 g/mol. The zero-order valence-corrected chi connectivity index (χ0v) is 9.93. The van der Waals surface area contributed by atoms with Crippen LogP contribution in [0.1, 0.15) is 11.3 Å². The Bertz CT molecular complexity index is 549. The molecule has 0 unspecified atom stereocenters. The number of aromatic nitrogens is 1. The highest BCUT2D eigenvalue weighted by Crippen LogP contribution is 2.21. The SMILES string of the molecule is NC(=S)c1cc(F)c(NCc2ccno2)c(F)c1. The van der Waals surface area contributed by atoms with Crippen molar-refractivity contribution in [2.24, 2.45) is 5.73 Å². The Morgan fingerprint density at radius 2 is 2.06 bits per heavy atom. The Kier molecular flexibility index (Phi) is 3.52. The van der Waals surface area contributed by atoms with Crippen molar-refractivity contribution in [2.45, 2.75) is 6.54 Å². The monoisotopic (exact) mass is 269 g/mol. The highest BCUT2D eigenvalue weighted by atomic mass is 32.1. The minimum absolute atomic E-state index is 0.0606. The molecule has 1 heterocycles. The molecule has 0 atom stereocenters. The number of anilines is 1. The molecule has 2 rings (SSSR count). The summed E-state index contributed by atoms with van der Waals surface area (Å²) in [5.74, 6) is -1.07. The van der Waals surface area contributed by atoms with Gasteiger partial charge in [-0.25, -0.2) is 8.78 Å². The first-order valence-electron chi connectivity index (χ1n) is 5.00. The lowest BCUT2D eigenvalue weighted by Gasteiger charge is -2.08. The Balaban J connectivity index is 2.20. The number of nitrogens with one attached hydrogen (secondary N) is 1. The maximum atomic E-state index is 13.6. The lowest BCUT2D eigenvalue weighted by Crippen LogP contribution is -2.12. The maximum Gasteiger partial charge on any atom is 0.155 e. The molecule has 0 fully saturated rings. The van der Waals surface area contributed by atoms with Crippen LogP contribution in [-0.2, 0) is 6.54 Å². The summed E-state index contributed by atoms with van der Waals surface area (Å²) in [7, 11) is 0. The van der Waals surface area contributed by atoms with Crippen LogP contribution in [0.5, 0.6) is 0 Å². The highest BCUT2D eigenvalue weighted by molar-refractivity contribution is 7.80. The number of thiocarbonyl (C=S) groups is 1. The molecule has 0 saturated carbocycles. The van der Waals surface area contributed by atoms with Crippen molar-refractivity contribution in [1.82, 2.24) is 5.16 Å². The fraction of sp³-hybridized carbons (Fsp3) is 0.0909. The van der Waals surface area contributed by atoms with Crippen LogP contribution in [0.25, 0.3) is 0 Å². The van der Waals surface area contributed by atoms with Crippen molar-refractivity contribution in [3.05, 3.63) is 47.4 Å². The van der Waals surface area contributed by atoms with Crippen LogP contribution in [0.15, 0.2) is 28.9 Å². The number of rotatable bonds is 4. The highest BCUT2D eigenvalue weighted by Gasteiger charge is 2.12.